The Morgan fingerprint density at radius 1 is 1.40 bits per heavy atom. The smallest absolute Gasteiger partial charge is 0.360 e. The van der Waals surface area contributed by atoms with Gasteiger partial charge in [-0.25, -0.2) is 9.48 Å². The average Bonchev–Trinajstić information content (AvgIpc) is 3.03. The Labute approximate surface area is 114 Å². The SMILES string of the molecule is COCCc1c(C(=O)OC)nnn1Cc1noc(C)n1. The van der Waals surface area contributed by atoms with E-state index in [-0.39, 0.29) is 12.2 Å². The fraction of sp³-hybridized carbons (Fsp3) is 0.545. The summed E-state index contributed by atoms with van der Waals surface area (Å²) >= 11 is 0. The highest BCUT2D eigenvalue weighted by molar-refractivity contribution is 5.88. The van der Waals surface area contributed by atoms with Crippen molar-refractivity contribution in [1.29, 1.82) is 0 Å². The number of carbonyl (C=O) groups excluding carboxylic acids is 1. The molecule has 9 nitrogen and oxygen atoms in total. The van der Waals surface area contributed by atoms with Crippen molar-refractivity contribution >= 4 is 5.97 Å². The van der Waals surface area contributed by atoms with Gasteiger partial charge >= 0.3 is 5.97 Å². The molecular weight excluding hydrogens is 266 g/mol. The van der Waals surface area contributed by atoms with E-state index in [1.807, 2.05) is 0 Å². The van der Waals surface area contributed by atoms with Gasteiger partial charge in [-0.15, -0.1) is 5.10 Å². The van der Waals surface area contributed by atoms with E-state index in [2.05, 4.69) is 25.2 Å². The third kappa shape index (κ3) is 2.99. The maximum atomic E-state index is 11.6. The molecule has 0 radical (unpaired) electrons. The standard InChI is InChI=1S/C11H15N5O4/c1-7-12-9(14-20-7)6-16-8(4-5-18-2)10(13-15-16)11(17)19-3/h4-6H2,1-3H3. The van der Waals surface area contributed by atoms with Gasteiger partial charge in [-0.2, -0.15) is 4.98 Å². The van der Waals surface area contributed by atoms with Crippen LogP contribution in [0.1, 0.15) is 27.9 Å². The fourth-order valence-corrected chi connectivity index (χ4v) is 1.70. The Morgan fingerprint density at radius 3 is 2.80 bits per heavy atom. The van der Waals surface area contributed by atoms with Gasteiger partial charge in [0, 0.05) is 20.5 Å². The van der Waals surface area contributed by atoms with E-state index < -0.39 is 5.97 Å². The lowest BCUT2D eigenvalue weighted by Crippen LogP contribution is -2.13. The second-order valence-corrected chi connectivity index (χ2v) is 4.01. The lowest BCUT2D eigenvalue weighted by molar-refractivity contribution is 0.0592. The summed E-state index contributed by atoms with van der Waals surface area (Å²) in [6.45, 7) is 2.40. The van der Waals surface area contributed by atoms with Crippen molar-refractivity contribution < 1.29 is 18.8 Å². The first kappa shape index (κ1) is 14.1. The topological polar surface area (TPSA) is 105 Å². The normalized spacial score (nSPS) is 10.8. The first-order chi connectivity index (χ1) is 9.65. The van der Waals surface area contributed by atoms with Crippen LogP contribution in [-0.2, 0) is 22.4 Å². The summed E-state index contributed by atoms with van der Waals surface area (Å²) in [4.78, 5) is 15.7. The van der Waals surface area contributed by atoms with Gasteiger partial charge in [0.1, 0.15) is 6.54 Å². The molecule has 0 saturated heterocycles. The zero-order chi connectivity index (χ0) is 14.5. The summed E-state index contributed by atoms with van der Waals surface area (Å²) in [5.74, 6) is 0.390. The minimum absolute atomic E-state index is 0.171. The highest BCUT2D eigenvalue weighted by Gasteiger charge is 2.21. The van der Waals surface area contributed by atoms with Crippen LogP contribution in [0.15, 0.2) is 4.52 Å². The van der Waals surface area contributed by atoms with Crippen LogP contribution in [0.2, 0.25) is 0 Å². The molecule has 0 amide bonds. The summed E-state index contributed by atoms with van der Waals surface area (Å²) in [6.07, 6.45) is 0.477. The lowest BCUT2D eigenvalue weighted by Gasteiger charge is -2.05. The maximum absolute atomic E-state index is 11.6. The predicted octanol–water partition coefficient (Wildman–Crippen LogP) is -0.00668. The number of esters is 1. The Balaban J connectivity index is 2.27. The molecule has 108 valence electrons. The van der Waals surface area contributed by atoms with Gasteiger partial charge in [0.25, 0.3) is 0 Å². The van der Waals surface area contributed by atoms with Crippen molar-refractivity contribution in [2.75, 3.05) is 20.8 Å². The molecule has 2 aromatic rings. The van der Waals surface area contributed by atoms with Crippen LogP contribution in [0.5, 0.6) is 0 Å². The molecule has 0 aliphatic carbocycles. The van der Waals surface area contributed by atoms with Crippen LogP contribution in [0.4, 0.5) is 0 Å². The molecule has 20 heavy (non-hydrogen) atoms. The van der Waals surface area contributed by atoms with Crippen molar-refractivity contribution in [3.63, 3.8) is 0 Å². The average molecular weight is 281 g/mol. The van der Waals surface area contributed by atoms with Gasteiger partial charge < -0.3 is 14.0 Å². The predicted molar refractivity (Wildman–Crippen MR) is 65.1 cm³/mol. The van der Waals surface area contributed by atoms with E-state index in [9.17, 15) is 4.79 Å². The van der Waals surface area contributed by atoms with Crippen molar-refractivity contribution in [3.8, 4) is 0 Å². The van der Waals surface area contributed by atoms with Crippen molar-refractivity contribution in [2.24, 2.45) is 0 Å². The molecule has 2 heterocycles. The molecule has 0 spiro atoms. The van der Waals surface area contributed by atoms with Gasteiger partial charge in [-0.1, -0.05) is 10.4 Å². The van der Waals surface area contributed by atoms with Crippen LogP contribution in [0.3, 0.4) is 0 Å². The third-order valence-corrected chi connectivity index (χ3v) is 2.62. The van der Waals surface area contributed by atoms with Gasteiger partial charge in [0.05, 0.1) is 19.4 Å². The number of carbonyl (C=O) groups is 1. The van der Waals surface area contributed by atoms with Crippen LogP contribution >= 0.6 is 0 Å². The van der Waals surface area contributed by atoms with Crippen molar-refractivity contribution in [2.45, 2.75) is 19.9 Å². The Hall–Kier alpha value is -2.29. The number of nitrogens with zero attached hydrogens (tertiary/aromatic N) is 5. The first-order valence-corrected chi connectivity index (χ1v) is 5.94. The van der Waals surface area contributed by atoms with E-state index in [0.29, 0.717) is 30.4 Å². The fourth-order valence-electron chi connectivity index (χ4n) is 1.70. The molecule has 0 aromatic carbocycles. The van der Waals surface area contributed by atoms with Crippen LogP contribution in [0, 0.1) is 6.92 Å². The summed E-state index contributed by atoms with van der Waals surface area (Å²) in [5, 5.41) is 11.6. The summed E-state index contributed by atoms with van der Waals surface area (Å²) in [6, 6.07) is 0. The number of rotatable bonds is 6. The number of aryl methyl sites for hydroxylation is 1. The zero-order valence-corrected chi connectivity index (χ0v) is 11.5. The molecule has 9 heteroatoms. The molecule has 0 aliphatic rings. The van der Waals surface area contributed by atoms with E-state index in [1.54, 1.807) is 14.0 Å². The van der Waals surface area contributed by atoms with Crippen LogP contribution in [-0.4, -0.2) is 51.9 Å². The lowest BCUT2D eigenvalue weighted by atomic mass is 10.2. The van der Waals surface area contributed by atoms with Crippen molar-refractivity contribution in [1.82, 2.24) is 25.1 Å². The van der Waals surface area contributed by atoms with E-state index >= 15 is 0 Å². The quantitative estimate of drug-likeness (QED) is 0.681. The van der Waals surface area contributed by atoms with Gasteiger partial charge in [0.15, 0.2) is 11.5 Å². The number of hydrogen-bond acceptors (Lipinski definition) is 8. The second kappa shape index (κ2) is 6.24. The largest absolute Gasteiger partial charge is 0.464 e. The molecule has 0 saturated carbocycles. The minimum Gasteiger partial charge on any atom is -0.464 e. The number of hydrogen-bond donors (Lipinski definition) is 0. The number of aromatic nitrogens is 5. The third-order valence-electron chi connectivity index (χ3n) is 2.62. The number of ether oxygens (including phenoxy) is 2. The Morgan fingerprint density at radius 2 is 2.20 bits per heavy atom. The highest BCUT2D eigenvalue weighted by atomic mass is 16.5. The Kier molecular flexibility index (Phi) is 4.41. The Bertz CT molecular complexity index is 591. The zero-order valence-electron chi connectivity index (χ0n) is 11.5. The molecule has 2 rings (SSSR count). The first-order valence-electron chi connectivity index (χ1n) is 5.94. The summed E-state index contributed by atoms with van der Waals surface area (Å²) in [5.41, 5.74) is 0.783. The van der Waals surface area contributed by atoms with Crippen LogP contribution in [0.25, 0.3) is 0 Å². The summed E-state index contributed by atoms with van der Waals surface area (Å²) in [7, 11) is 2.87. The minimum atomic E-state index is -0.536. The molecule has 0 atom stereocenters. The van der Waals surface area contributed by atoms with Gasteiger partial charge in [0.2, 0.25) is 5.89 Å². The van der Waals surface area contributed by atoms with E-state index in [0.717, 1.165) is 0 Å². The molecule has 0 bridgehead atoms. The highest BCUT2D eigenvalue weighted by Crippen LogP contribution is 2.10. The molecule has 0 unspecified atom stereocenters. The van der Waals surface area contributed by atoms with E-state index in [4.69, 9.17) is 9.26 Å². The van der Waals surface area contributed by atoms with Crippen molar-refractivity contribution in [3.05, 3.63) is 23.1 Å². The van der Waals surface area contributed by atoms with Crippen LogP contribution < -0.4 is 0 Å². The monoisotopic (exact) mass is 281 g/mol. The molecule has 0 N–H and O–H groups in total. The second-order valence-electron chi connectivity index (χ2n) is 4.01. The maximum Gasteiger partial charge on any atom is 0.360 e. The molecule has 2 aromatic heterocycles. The molecule has 0 aliphatic heterocycles. The summed E-state index contributed by atoms with van der Waals surface area (Å²) < 4.78 is 16.1. The van der Waals surface area contributed by atoms with Gasteiger partial charge in [-0.3, -0.25) is 0 Å². The molecular formula is C11H15N5O4. The number of methoxy groups -OCH3 is 2. The molecule has 0 fully saturated rings. The van der Waals surface area contributed by atoms with Gasteiger partial charge in [-0.05, 0) is 0 Å². The van der Waals surface area contributed by atoms with E-state index in [1.165, 1.54) is 11.8 Å².